The number of hydrogen-bond donors (Lipinski definition) is 1. The van der Waals surface area contributed by atoms with Crippen LogP contribution in [0.15, 0.2) is 12.7 Å². The lowest BCUT2D eigenvalue weighted by Crippen LogP contribution is -2.08. The molecule has 1 aromatic rings. The number of rotatable bonds is 4. The van der Waals surface area contributed by atoms with Crippen molar-refractivity contribution in [3.63, 3.8) is 0 Å². The van der Waals surface area contributed by atoms with Gasteiger partial charge in [-0.15, -0.1) is 10.2 Å². The largest absolute Gasteiger partial charge is 0.393 e. The van der Waals surface area contributed by atoms with Gasteiger partial charge >= 0.3 is 0 Å². The first-order valence-electron chi connectivity index (χ1n) is 3.83. The first-order valence-corrected chi connectivity index (χ1v) is 3.83. The van der Waals surface area contributed by atoms with Crippen LogP contribution in [0.1, 0.15) is 19.8 Å². The van der Waals surface area contributed by atoms with Crippen molar-refractivity contribution >= 4 is 0 Å². The molecule has 11 heavy (non-hydrogen) atoms. The first kappa shape index (κ1) is 8.20. The molecule has 1 unspecified atom stereocenters. The van der Waals surface area contributed by atoms with E-state index in [2.05, 4.69) is 10.2 Å². The second-order valence-corrected chi connectivity index (χ2v) is 2.55. The van der Waals surface area contributed by atoms with Crippen molar-refractivity contribution < 1.29 is 5.11 Å². The van der Waals surface area contributed by atoms with Crippen LogP contribution in [-0.2, 0) is 6.54 Å². The quantitative estimate of drug-likeness (QED) is 0.686. The van der Waals surface area contributed by atoms with Gasteiger partial charge in [0.05, 0.1) is 6.10 Å². The van der Waals surface area contributed by atoms with Crippen LogP contribution in [0.5, 0.6) is 0 Å². The predicted molar refractivity (Wildman–Crippen MR) is 40.9 cm³/mol. The fraction of sp³-hybridized carbons (Fsp3) is 0.714. The van der Waals surface area contributed by atoms with Crippen molar-refractivity contribution in [3.8, 4) is 0 Å². The molecule has 0 radical (unpaired) electrons. The predicted octanol–water partition coefficient (Wildman–Crippen LogP) is 0.439. The highest BCUT2D eigenvalue weighted by atomic mass is 16.3. The molecular weight excluding hydrogens is 142 g/mol. The summed E-state index contributed by atoms with van der Waals surface area (Å²) in [6, 6.07) is 0. The summed E-state index contributed by atoms with van der Waals surface area (Å²) in [7, 11) is 0. The second kappa shape index (κ2) is 4.08. The second-order valence-electron chi connectivity index (χ2n) is 2.55. The maximum atomic E-state index is 9.20. The van der Waals surface area contributed by atoms with Crippen LogP contribution in [0.25, 0.3) is 0 Å². The fourth-order valence-corrected chi connectivity index (χ4v) is 0.840. The van der Waals surface area contributed by atoms with Crippen LogP contribution >= 0.6 is 0 Å². The van der Waals surface area contributed by atoms with Crippen molar-refractivity contribution in [3.05, 3.63) is 12.7 Å². The minimum atomic E-state index is -0.197. The minimum Gasteiger partial charge on any atom is -0.393 e. The van der Waals surface area contributed by atoms with Crippen molar-refractivity contribution in [2.45, 2.75) is 32.4 Å². The van der Waals surface area contributed by atoms with E-state index in [-0.39, 0.29) is 6.10 Å². The van der Waals surface area contributed by atoms with E-state index in [0.29, 0.717) is 0 Å². The van der Waals surface area contributed by atoms with E-state index >= 15 is 0 Å². The van der Waals surface area contributed by atoms with Gasteiger partial charge in [0.1, 0.15) is 12.7 Å². The molecule has 0 aliphatic heterocycles. The SMILES string of the molecule is CCC(O)CCn1cnnc1. The molecule has 4 heteroatoms. The molecule has 62 valence electrons. The number of aliphatic hydroxyl groups is 1. The van der Waals surface area contributed by atoms with Crippen molar-refractivity contribution in [1.29, 1.82) is 0 Å². The van der Waals surface area contributed by atoms with Crippen LogP contribution in [-0.4, -0.2) is 26.0 Å². The zero-order valence-corrected chi connectivity index (χ0v) is 6.64. The standard InChI is InChI=1S/C7H13N3O/c1-2-7(11)3-4-10-5-8-9-6-10/h5-7,11H,2-4H2,1H3. The van der Waals surface area contributed by atoms with Gasteiger partial charge in [0.25, 0.3) is 0 Å². The number of aliphatic hydroxyl groups excluding tert-OH is 1. The first-order chi connectivity index (χ1) is 5.33. The molecule has 0 saturated carbocycles. The molecule has 0 bridgehead atoms. The molecule has 4 nitrogen and oxygen atoms in total. The van der Waals surface area contributed by atoms with Crippen LogP contribution in [0.2, 0.25) is 0 Å². The smallest absolute Gasteiger partial charge is 0.119 e. The lowest BCUT2D eigenvalue weighted by atomic mass is 10.2. The third-order valence-corrected chi connectivity index (χ3v) is 1.66. The van der Waals surface area contributed by atoms with Crippen LogP contribution in [0.4, 0.5) is 0 Å². The number of hydrogen-bond acceptors (Lipinski definition) is 3. The third kappa shape index (κ3) is 2.67. The lowest BCUT2D eigenvalue weighted by Gasteiger charge is -2.06. The Hall–Kier alpha value is -0.900. The molecule has 0 amide bonds. The Morgan fingerprint density at radius 2 is 2.09 bits per heavy atom. The van der Waals surface area contributed by atoms with Gasteiger partial charge in [-0.3, -0.25) is 0 Å². The Kier molecular flexibility index (Phi) is 3.04. The molecule has 1 heterocycles. The molecule has 1 aromatic heterocycles. The van der Waals surface area contributed by atoms with Crippen molar-refractivity contribution in [2.24, 2.45) is 0 Å². The molecule has 0 aliphatic carbocycles. The average molecular weight is 155 g/mol. The summed E-state index contributed by atoms with van der Waals surface area (Å²) in [6.45, 7) is 2.76. The van der Waals surface area contributed by atoms with Gasteiger partial charge < -0.3 is 9.67 Å². The van der Waals surface area contributed by atoms with Crippen molar-refractivity contribution in [2.75, 3.05) is 0 Å². The maximum Gasteiger partial charge on any atom is 0.119 e. The highest BCUT2D eigenvalue weighted by molar-refractivity contribution is 4.62. The van der Waals surface area contributed by atoms with Crippen LogP contribution in [0.3, 0.4) is 0 Å². The molecule has 0 fully saturated rings. The van der Waals surface area contributed by atoms with Gasteiger partial charge in [-0.1, -0.05) is 6.92 Å². The highest BCUT2D eigenvalue weighted by Gasteiger charge is 1.99. The summed E-state index contributed by atoms with van der Waals surface area (Å²) in [5, 5.41) is 16.5. The molecule has 0 saturated heterocycles. The van der Waals surface area contributed by atoms with E-state index in [9.17, 15) is 5.11 Å². The number of nitrogens with zero attached hydrogens (tertiary/aromatic N) is 3. The van der Waals surface area contributed by atoms with Gasteiger partial charge in [-0.2, -0.15) is 0 Å². The van der Waals surface area contributed by atoms with Gasteiger partial charge in [0.2, 0.25) is 0 Å². The van der Waals surface area contributed by atoms with Gasteiger partial charge in [0.15, 0.2) is 0 Å². The molecular formula is C7H13N3O. The van der Waals surface area contributed by atoms with Crippen LogP contribution < -0.4 is 0 Å². The Morgan fingerprint density at radius 3 is 2.64 bits per heavy atom. The van der Waals surface area contributed by atoms with E-state index in [0.717, 1.165) is 19.4 Å². The minimum absolute atomic E-state index is 0.197. The zero-order valence-electron chi connectivity index (χ0n) is 6.64. The molecule has 0 spiro atoms. The Bertz CT molecular complexity index is 186. The summed E-state index contributed by atoms with van der Waals surface area (Å²) in [5.41, 5.74) is 0. The summed E-state index contributed by atoms with van der Waals surface area (Å²) in [6.07, 6.45) is 4.69. The van der Waals surface area contributed by atoms with E-state index in [1.165, 1.54) is 0 Å². The van der Waals surface area contributed by atoms with Gasteiger partial charge in [-0.05, 0) is 12.8 Å². The Labute approximate surface area is 65.9 Å². The normalized spacial score (nSPS) is 13.3. The lowest BCUT2D eigenvalue weighted by molar-refractivity contribution is 0.154. The van der Waals surface area contributed by atoms with E-state index < -0.39 is 0 Å². The summed E-state index contributed by atoms with van der Waals surface area (Å²) in [4.78, 5) is 0. The molecule has 0 aliphatic rings. The highest BCUT2D eigenvalue weighted by Crippen LogP contribution is 1.98. The van der Waals surface area contributed by atoms with E-state index in [1.807, 2.05) is 11.5 Å². The van der Waals surface area contributed by atoms with E-state index in [1.54, 1.807) is 12.7 Å². The molecule has 1 rings (SSSR count). The monoisotopic (exact) mass is 155 g/mol. The summed E-state index contributed by atoms with van der Waals surface area (Å²) >= 11 is 0. The fourth-order valence-electron chi connectivity index (χ4n) is 0.840. The molecule has 0 aromatic carbocycles. The molecule has 1 atom stereocenters. The van der Waals surface area contributed by atoms with Crippen LogP contribution in [0, 0.1) is 0 Å². The third-order valence-electron chi connectivity index (χ3n) is 1.66. The zero-order chi connectivity index (χ0) is 8.10. The topological polar surface area (TPSA) is 50.9 Å². The number of aromatic nitrogens is 3. The van der Waals surface area contributed by atoms with Gasteiger partial charge in [-0.25, -0.2) is 0 Å². The number of aryl methyl sites for hydroxylation is 1. The Morgan fingerprint density at radius 1 is 1.45 bits per heavy atom. The average Bonchev–Trinajstić information content (AvgIpc) is 2.52. The molecule has 1 N–H and O–H groups in total. The van der Waals surface area contributed by atoms with Gasteiger partial charge in [0, 0.05) is 6.54 Å². The van der Waals surface area contributed by atoms with Crippen molar-refractivity contribution in [1.82, 2.24) is 14.8 Å². The van der Waals surface area contributed by atoms with E-state index in [4.69, 9.17) is 0 Å². The summed E-state index contributed by atoms with van der Waals surface area (Å²) in [5.74, 6) is 0. The Balaban J connectivity index is 2.23. The summed E-state index contributed by atoms with van der Waals surface area (Å²) < 4.78 is 1.86. The maximum absolute atomic E-state index is 9.20.